The minimum atomic E-state index is -0.124. The molecule has 0 N–H and O–H groups in total. The molecule has 2 rings (SSSR count). The molecule has 1 aromatic heterocycles. The van der Waals surface area contributed by atoms with Crippen LogP contribution < -0.4 is 0 Å². The average molecular weight is 358 g/mol. The zero-order valence-corrected chi connectivity index (χ0v) is 13.9. The second-order valence-corrected chi connectivity index (χ2v) is 6.11. The van der Waals surface area contributed by atoms with Crippen LogP contribution in [-0.2, 0) is 4.79 Å². The number of furan rings is 1. The molecule has 0 unspecified atom stereocenters. The molecule has 1 aliphatic rings. The number of hydrogen-bond donors (Lipinski definition) is 0. The fourth-order valence-electron chi connectivity index (χ4n) is 2.22. The highest BCUT2D eigenvalue weighted by Gasteiger charge is 2.26. The summed E-state index contributed by atoms with van der Waals surface area (Å²) in [6.07, 6.45) is 0.520. The predicted octanol–water partition coefficient (Wildman–Crippen LogP) is 1.28. The molecular weight excluding hydrogens is 338 g/mol. The monoisotopic (exact) mass is 357 g/mol. The molecule has 0 bridgehead atoms. The van der Waals surface area contributed by atoms with E-state index in [9.17, 15) is 9.59 Å². The number of carbonyl (C=O) groups is 2. The van der Waals surface area contributed by atoms with Crippen LogP contribution in [0.2, 0.25) is 0 Å². The molecule has 116 valence electrons. The molecule has 1 saturated heterocycles. The summed E-state index contributed by atoms with van der Waals surface area (Å²) in [4.78, 5) is 29.8. The van der Waals surface area contributed by atoms with E-state index in [2.05, 4.69) is 15.9 Å². The van der Waals surface area contributed by atoms with Crippen molar-refractivity contribution in [1.29, 1.82) is 0 Å². The highest BCUT2D eigenvalue weighted by atomic mass is 79.9. The van der Waals surface area contributed by atoms with Crippen molar-refractivity contribution in [2.24, 2.45) is 0 Å². The SMILES string of the molecule is CN(C)CCC(=O)N1CCN(C(=O)c2ccc(Br)o2)CC1. The summed E-state index contributed by atoms with van der Waals surface area (Å²) in [5.41, 5.74) is 0. The van der Waals surface area contributed by atoms with Crippen LogP contribution in [0, 0.1) is 0 Å². The quantitative estimate of drug-likeness (QED) is 0.814. The summed E-state index contributed by atoms with van der Waals surface area (Å²) in [5, 5.41) is 0. The first-order chi connectivity index (χ1) is 9.97. The number of halogens is 1. The number of hydrogen-bond acceptors (Lipinski definition) is 4. The lowest BCUT2D eigenvalue weighted by Crippen LogP contribution is -2.50. The van der Waals surface area contributed by atoms with E-state index >= 15 is 0 Å². The van der Waals surface area contributed by atoms with E-state index in [1.807, 2.05) is 23.9 Å². The van der Waals surface area contributed by atoms with Crippen molar-refractivity contribution in [3.63, 3.8) is 0 Å². The molecule has 0 atom stereocenters. The van der Waals surface area contributed by atoms with Crippen LogP contribution in [0.3, 0.4) is 0 Å². The zero-order chi connectivity index (χ0) is 15.4. The lowest BCUT2D eigenvalue weighted by molar-refractivity contribution is -0.132. The van der Waals surface area contributed by atoms with Gasteiger partial charge in [0.05, 0.1) is 0 Å². The van der Waals surface area contributed by atoms with E-state index in [1.165, 1.54) is 0 Å². The Bertz CT molecular complexity index is 507. The summed E-state index contributed by atoms with van der Waals surface area (Å²) in [7, 11) is 3.90. The number of amides is 2. The Labute approximate surface area is 132 Å². The van der Waals surface area contributed by atoms with Gasteiger partial charge in [-0.1, -0.05) is 0 Å². The number of rotatable bonds is 4. The van der Waals surface area contributed by atoms with Gasteiger partial charge in [-0.05, 0) is 42.2 Å². The van der Waals surface area contributed by atoms with Gasteiger partial charge in [0.1, 0.15) is 0 Å². The van der Waals surface area contributed by atoms with E-state index in [0.29, 0.717) is 43.0 Å². The highest BCUT2D eigenvalue weighted by molar-refractivity contribution is 9.10. The molecule has 0 aromatic carbocycles. The Balaban J connectivity index is 1.83. The van der Waals surface area contributed by atoms with Crippen molar-refractivity contribution in [2.45, 2.75) is 6.42 Å². The number of carbonyl (C=O) groups excluding carboxylic acids is 2. The standard InChI is InChI=1S/C14H20BrN3O3/c1-16(2)6-5-13(19)17-7-9-18(10-8-17)14(20)11-3-4-12(15)21-11/h3-4H,5-10H2,1-2H3. The first-order valence-electron chi connectivity index (χ1n) is 6.94. The van der Waals surface area contributed by atoms with Crippen LogP contribution in [-0.4, -0.2) is 73.3 Å². The zero-order valence-electron chi connectivity index (χ0n) is 12.3. The van der Waals surface area contributed by atoms with Gasteiger partial charge in [-0.15, -0.1) is 0 Å². The maximum Gasteiger partial charge on any atom is 0.289 e. The lowest BCUT2D eigenvalue weighted by Gasteiger charge is -2.34. The van der Waals surface area contributed by atoms with E-state index in [1.54, 1.807) is 17.0 Å². The minimum absolute atomic E-state index is 0.124. The molecular formula is C14H20BrN3O3. The highest BCUT2D eigenvalue weighted by Crippen LogP contribution is 2.16. The fourth-order valence-corrected chi connectivity index (χ4v) is 2.53. The Morgan fingerprint density at radius 1 is 1.19 bits per heavy atom. The van der Waals surface area contributed by atoms with Crippen molar-refractivity contribution in [3.05, 3.63) is 22.6 Å². The molecule has 0 aliphatic carbocycles. The third-order valence-electron chi connectivity index (χ3n) is 3.48. The molecule has 7 heteroatoms. The third kappa shape index (κ3) is 4.31. The third-order valence-corrected chi connectivity index (χ3v) is 3.90. The first kappa shape index (κ1) is 16.0. The van der Waals surface area contributed by atoms with Crippen LogP contribution in [0.15, 0.2) is 21.2 Å². The van der Waals surface area contributed by atoms with E-state index < -0.39 is 0 Å². The van der Waals surface area contributed by atoms with Gasteiger partial charge in [0.15, 0.2) is 10.4 Å². The topological polar surface area (TPSA) is 57.0 Å². The summed E-state index contributed by atoms with van der Waals surface area (Å²) in [6, 6.07) is 3.36. The molecule has 0 spiro atoms. The van der Waals surface area contributed by atoms with E-state index in [4.69, 9.17) is 4.42 Å². The van der Waals surface area contributed by atoms with E-state index in [0.717, 1.165) is 6.54 Å². The first-order valence-corrected chi connectivity index (χ1v) is 7.74. The molecule has 0 saturated carbocycles. The minimum Gasteiger partial charge on any atom is -0.444 e. The van der Waals surface area contributed by atoms with Gasteiger partial charge < -0.3 is 19.1 Å². The van der Waals surface area contributed by atoms with Crippen LogP contribution in [0.5, 0.6) is 0 Å². The Kier molecular flexibility index (Phi) is 5.41. The van der Waals surface area contributed by atoms with Crippen LogP contribution in [0.1, 0.15) is 17.0 Å². The summed E-state index contributed by atoms with van der Waals surface area (Å²) >= 11 is 3.19. The van der Waals surface area contributed by atoms with Crippen LogP contribution in [0.25, 0.3) is 0 Å². The Morgan fingerprint density at radius 2 is 1.81 bits per heavy atom. The second-order valence-electron chi connectivity index (χ2n) is 5.33. The molecule has 1 aromatic rings. The van der Waals surface area contributed by atoms with Crippen LogP contribution in [0.4, 0.5) is 0 Å². The van der Waals surface area contributed by atoms with Gasteiger partial charge in [0.25, 0.3) is 5.91 Å². The van der Waals surface area contributed by atoms with Crippen molar-refractivity contribution in [1.82, 2.24) is 14.7 Å². The van der Waals surface area contributed by atoms with Gasteiger partial charge in [-0.3, -0.25) is 9.59 Å². The average Bonchev–Trinajstić information content (AvgIpc) is 2.90. The van der Waals surface area contributed by atoms with Gasteiger partial charge >= 0.3 is 0 Å². The normalized spacial score (nSPS) is 15.6. The fraction of sp³-hybridized carbons (Fsp3) is 0.571. The van der Waals surface area contributed by atoms with Crippen LogP contribution >= 0.6 is 15.9 Å². The smallest absolute Gasteiger partial charge is 0.289 e. The molecule has 2 heterocycles. The summed E-state index contributed by atoms with van der Waals surface area (Å²) in [5.74, 6) is 0.354. The summed E-state index contributed by atoms with van der Waals surface area (Å²) in [6.45, 7) is 3.01. The maximum atomic E-state index is 12.2. The molecule has 1 aliphatic heterocycles. The molecule has 1 fully saturated rings. The number of nitrogens with zero attached hydrogens (tertiary/aromatic N) is 3. The van der Waals surface area contributed by atoms with Gasteiger partial charge in [0, 0.05) is 39.1 Å². The Morgan fingerprint density at radius 3 is 2.33 bits per heavy atom. The van der Waals surface area contributed by atoms with Gasteiger partial charge in [-0.2, -0.15) is 0 Å². The molecule has 21 heavy (non-hydrogen) atoms. The van der Waals surface area contributed by atoms with Crippen molar-refractivity contribution in [3.8, 4) is 0 Å². The predicted molar refractivity (Wildman–Crippen MR) is 82.1 cm³/mol. The lowest BCUT2D eigenvalue weighted by atomic mass is 10.2. The van der Waals surface area contributed by atoms with Crippen molar-refractivity contribution < 1.29 is 14.0 Å². The van der Waals surface area contributed by atoms with Crippen molar-refractivity contribution >= 4 is 27.7 Å². The molecule has 6 nitrogen and oxygen atoms in total. The largest absolute Gasteiger partial charge is 0.444 e. The van der Waals surface area contributed by atoms with Gasteiger partial charge in [0.2, 0.25) is 5.91 Å². The molecule has 0 radical (unpaired) electrons. The summed E-state index contributed by atoms with van der Waals surface area (Å²) < 4.78 is 5.82. The molecule has 2 amide bonds. The maximum absolute atomic E-state index is 12.2. The second kappa shape index (κ2) is 7.09. The Hall–Kier alpha value is -1.34. The van der Waals surface area contributed by atoms with Gasteiger partial charge in [-0.25, -0.2) is 0 Å². The number of piperazine rings is 1. The van der Waals surface area contributed by atoms with E-state index in [-0.39, 0.29) is 11.8 Å². The van der Waals surface area contributed by atoms with Crippen molar-refractivity contribution in [2.75, 3.05) is 46.8 Å².